The van der Waals surface area contributed by atoms with Crippen LogP contribution in [-0.2, 0) is 0 Å². The van der Waals surface area contributed by atoms with Crippen molar-refractivity contribution in [3.8, 4) is 0 Å². The van der Waals surface area contributed by atoms with E-state index in [0.717, 1.165) is 18.2 Å². The SMILES string of the molecule is CCN(c1nc(C(=O)O)cs1)C(C)CN(C)C. The minimum Gasteiger partial charge on any atom is -0.476 e. The topological polar surface area (TPSA) is 56.7 Å². The molecule has 1 heterocycles. The van der Waals surface area contributed by atoms with Crippen molar-refractivity contribution in [3.05, 3.63) is 11.1 Å². The van der Waals surface area contributed by atoms with Gasteiger partial charge in [0.1, 0.15) is 0 Å². The Bertz CT molecular complexity index is 379. The van der Waals surface area contributed by atoms with E-state index in [2.05, 4.69) is 21.7 Å². The average Bonchev–Trinajstić information content (AvgIpc) is 2.66. The van der Waals surface area contributed by atoms with E-state index in [-0.39, 0.29) is 5.69 Å². The number of hydrogen-bond acceptors (Lipinski definition) is 5. The Morgan fingerprint density at radius 2 is 2.24 bits per heavy atom. The van der Waals surface area contributed by atoms with Gasteiger partial charge < -0.3 is 14.9 Å². The second kappa shape index (κ2) is 5.97. The second-order valence-corrected chi connectivity index (χ2v) is 5.05. The van der Waals surface area contributed by atoms with Gasteiger partial charge in [0.2, 0.25) is 0 Å². The summed E-state index contributed by atoms with van der Waals surface area (Å²) in [4.78, 5) is 19.2. The number of aromatic carboxylic acids is 1. The van der Waals surface area contributed by atoms with Gasteiger partial charge in [0.05, 0.1) is 0 Å². The molecule has 5 nitrogen and oxygen atoms in total. The lowest BCUT2D eigenvalue weighted by Crippen LogP contribution is -2.40. The van der Waals surface area contributed by atoms with Gasteiger partial charge in [-0.2, -0.15) is 0 Å². The molecule has 0 spiro atoms. The number of carboxylic acid groups (broad SMARTS) is 1. The summed E-state index contributed by atoms with van der Waals surface area (Å²) in [5.41, 5.74) is 0.125. The highest BCUT2D eigenvalue weighted by molar-refractivity contribution is 7.13. The molecule has 0 saturated heterocycles. The minimum absolute atomic E-state index is 0.125. The molecule has 0 amide bonds. The summed E-state index contributed by atoms with van der Waals surface area (Å²) < 4.78 is 0. The predicted octanol–water partition coefficient (Wildman–Crippen LogP) is 1.62. The van der Waals surface area contributed by atoms with Gasteiger partial charge >= 0.3 is 5.97 Å². The fourth-order valence-electron chi connectivity index (χ4n) is 1.76. The van der Waals surface area contributed by atoms with E-state index in [1.165, 1.54) is 11.3 Å². The number of aromatic nitrogens is 1. The van der Waals surface area contributed by atoms with E-state index < -0.39 is 5.97 Å². The third kappa shape index (κ3) is 3.67. The van der Waals surface area contributed by atoms with Gasteiger partial charge in [0, 0.05) is 24.5 Å². The molecule has 0 aliphatic heterocycles. The number of thiazole rings is 1. The van der Waals surface area contributed by atoms with Crippen molar-refractivity contribution in [1.29, 1.82) is 0 Å². The Balaban J connectivity index is 2.81. The van der Waals surface area contributed by atoms with Crippen molar-refractivity contribution in [1.82, 2.24) is 9.88 Å². The van der Waals surface area contributed by atoms with Crippen LogP contribution in [0.5, 0.6) is 0 Å². The van der Waals surface area contributed by atoms with Crippen molar-refractivity contribution < 1.29 is 9.90 Å². The normalized spacial score (nSPS) is 12.8. The fraction of sp³-hybridized carbons (Fsp3) is 0.636. The van der Waals surface area contributed by atoms with E-state index in [0.29, 0.717) is 6.04 Å². The standard InChI is InChI=1S/C11H19N3O2S/c1-5-14(8(2)6-13(3)4)11-12-9(7-17-11)10(15)16/h7-8H,5-6H2,1-4H3,(H,15,16). The molecule has 0 bridgehead atoms. The van der Waals surface area contributed by atoms with Gasteiger partial charge in [-0.25, -0.2) is 9.78 Å². The van der Waals surface area contributed by atoms with Crippen LogP contribution in [0.1, 0.15) is 24.3 Å². The van der Waals surface area contributed by atoms with Crippen molar-refractivity contribution in [2.45, 2.75) is 19.9 Å². The first-order valence-corrected chi connectivity index (χ1v) is 6.43. The van der Waals surface area contributed by atoms with Crippen LogP contribution in [-0.4, -0.2) is 54.2 Å². The van der Waals surface area contributed by atoms with Crippen molar-refractivity contribution >= 4 is 22.4 Å². The van der Waals surface area contributed by atoms with Crippen molar-refractivity contribution in [3.63, 3.8) is 0 Å². The van der Waals surface area contributed by atoms with Crippen LogP contribution in [0, 0.1) is 0 Å². The Morgan fingerprint density at radius 3 is 2.65 bits per heavy atom. The van der Waals surface area contributed by atoms with E-state index in [9.17, 15) is 4.79 Å². The summed E-state index contributed by atoms with van der Waals surface area (Å²) in [6.45, 7) is 5.90. The second-order valence-electron chi connectivity index (χ2n) is 4.22. The van der Waals surface area contributed by atoms with Crippen LogP contribution in [0.3, 0.4) is 0 Å². The third-order valence-corrected chi connectivity index (χ3v) is 3.34. The molecular formula is C11H19N3O2S. The van der Waals surface area contributed by atoms with Crippen LogP contribution >= 0.6 is 11.3 Å². The zero-order valence-corrected chi connectivity index (χ0v) is 11.5. The molecule has 0 fully saturated rings. The molecular weight excluding hydrogens is 238 g/mol. The van der Waals surface area contributed by atoms with Gasteiger partial charge in [-0.15, -0.1) is 11.3 Å². The highest BCUT2D eigenvalue weighted by Gasteiger charge is 2.18. The highest BCUT2D eigenvalue weighted by atomic mass is 32.1. The smallest absolute Gasteiger partial charge is 0.355 e. The molecule has 0 aliphatic rings. The minimum atomic E-state index is -0.969. The largest absolute Gasteiger partial charge is 0.476 e. The van der Waals surface area contributed by atoms with E-state index in [4.69, 9.17) is 5.11 Å². The molecule has 6 heteroatoms. The Morgan fingerprint density at radius 1 is 1.59 bits per heavy atom. The molecule has 1 aromatic heterocycles. The van der Waals surface area contributed by atoms with Gasteiger partial charge in [0.25, 0.3) is 0 Å². The van der Waals surface area contributed by atoms with Gasteiger partial charge in [-0.05, 0) is 27.9 Å². The molecule has 1 unspecified atom stereocenters. The van der Waals surface area contributed by atoms with E-state index in [1.54, 1.807) is 5.38 Å². The molecule has 0 radical (unpaired) electrons. The van der Waals surface area contributed by atoms with E-state index in [1.807, 2.05) is 21.0 Å². The van der Waals surface area contributed by atoms with Crippen LogP contribution in [0.25, 0.3) is 0 Å². The number of carboxylic acids is 1. The molecule has 17 heavy (non-hydrogen) atoms. The fourth-order valence-corrected chi connectivity index (χ4v) is 2.72. The summed E-state index contributed by atoms with van der Waals surface area (Å²) in [6, 6.07) is 0.308. The molecule has 0 aliphatic carbocycles. The van der Waals surface area contributed by atoms with Crippen LogP contribution in [0.4, 0.5) is 5.13 Å². The molecule has 1 rings (SSSR count). The monoisotopic (exact) mass is 257 g/mol. The lowest BCUT2D eigenvalue weighted by atomic mass is 10.3. The van der Waals surface area contributed by atoms with E-state index >= 15 is 0 Å². The maximum Gasteiger partial charge on any atom is 0.355 e. The van der Waals surface area contributed by atoms with Crippen molar-refractivity contribution in [2.75, 3.05) is 32.1 Å². The number of nitrogens with zero attached hydrogens (tertiary/aromatic N) is 3. The number of rotatable bonds is 6. The molecule has 0 aromatic carbocycles. The molecule has 1 atom stereocenters. The highest BCUT2D eigenvalue weighted by Crippen LogP contribution is 2.22. The number of hydrogen-bond donors (Lipinski definition) is 1. The lowest BCUT2D eigenvalue weighted by molar-refractivity contribution is 0.0691. The zero-order chi connectivity index (χ0) is 13.0. The summed E-state index contributed by atoms with van der Waals surface area (Å²) in [7, 11) is 4.05. The Kier molecular flexibility index (Phi) is 4.89. The molecule has 1 aromatic rings. The van der Waals surface area contributed by atoms with Crippen LogP contribution in [0.2, 0.25) is 0 Å². The van der Waals surface area contributed by atoms with Gasteiger partial charge in [-0.3, -0.25) is 0 Å². The number of likely N-dealkylation sites (N-methyl/N-ethyl adjacent to an activating group) is 2. The average molecular weight is 257 g/mol. The maximum absolute atomic E-state index is 10.8. The summed E-state index contributed by atoms with van der Waals surface area (Å²) in [5.74, 6) is -0.969. The molecule has 96 valence electrons. The Hall–Kier alpha value is -1.14. The number of anilines is 1. The quantitative estimate of drug-likeness (QED) is 0.839. The van der Waals surface area contributed by atoms with Crippen LogP contribution in [0.15, 0.2) is 5.38 Å². The number of carbonyl (C=O) groups is 1. The summed E-state index contributed by atoms with van der Waals surface area (Å²) in [6.07, 6.45) is 0. The summed E-state index contributed by atoms with van der Waals surface area (Å²) in [5, 5.41) is 11.2. The summed E-state index contributed by atoms with van der Waals surface area (Å²) >= 11 is 1.38. The first-order valence-electron chi connectivity index (χ1n) is 5.55. The molecule has 0 saturated carbocycles. The van der Waals surface area contributed by atoms with Crippen LogP contribution < -0.4 is 4.90 Å². The third-order valence-electron chi connectivity index (χ3n) is 2.46. The predicted molar refractivity (Wildman–Crippen MR) is 70.1 cm³/mol. The zero-order valence-electron chi connectivity index (χ0n) is 10.7. The lowest BCUT2D eigenvalue weighted by Gasteiger charge is -2.29. The van der Waals surface area contributed by atoms with Gasteiger partial charge in [-0.1, -0.05) is 0 Å². The van der Waals surface area contributed by atoms with Crippen molar-refractivity contribution in [2.24, 2.45) is 0 Å². The Labute approximate surface area is 106 Å². The van der Waals surface area contributed by atoms with Gasteiger partial charge in [0.15, 0.2) is 10.8 Å². The first-order chi connectivity index (χ1) is 7.95. The molecule has 1 N–H and O–H groups in total. The maximum atomic E-state index is 10.8. The first kappa shape index (κ1) is 13.9.